The SMILES string of the molecule is [2H][C@@H]1[C@H](OC(=O)c2ccc(C)cc2)[C@@H](COC(=O)c2ccc(C)cc2)O[C@H]1n1cnc2c(Cl)nc(N)nc21. The maximum Gasteiger partial charge on any atom is 0.338 e. The van der Waals surface area contributed by atoms with Gasteiger partial charge in [0, 0.05) is 7.77 Å². The average Bonchev–Trinajstić information content (AvgIpc) is 3.44. The van der Waals surface area contributed by atoms with Gasteiger partial charge in [-0.25, -0.2) is 14.6 Å². The number of aryl methyl sites for hydroxylation is 2. The zero-order chi connectivity index (χ0) is 27.0. The van der Waals surface area contributed by atoms with Crippen LogP contribution in [0.15, 0.2) is 54.9 Å². The largest absolute Gasteiger partial charge is 0.459 e. The molecule has 1 fully saturated rings. The second-order valence-corrected chi connectivity index (χ2v) is 9.01. The molecule has 0 radical (unpaired) electrons. The number of carbonyl (C=O) groups excluding carboxylic acids is 2. The Bertz CT molecular complexity index is 1490. The van der Waals surface area contributed by atoms with Crippen LogP contribution in [-0.2, 0) is 14.2 Å². The molecule has 2 N–H and O–H groups in total. The molecule has 5 rings (SSSR count). The summed E-state index contributed by atoms with van der Waals surface area (Å²) in [7, 11) is 0. The summed E-state index contributed by atoms with van der Waals surface area (Å²) in [5.41, 5.74) is 8.97. The maximum atomic E-state index is 12.9. The van der Waals surface area contributed by atoms with Crippen molar-refractivity contribution in [1.82, 2.24) is 19.5 Å². The molecular weight excluding hydrogens is 498 g/mol. The van der Waals surface area contributed by atoms with Crippen LogP contribution in [0.25, 0.3) is 11.2 Å². The van der Waals surface area contributed by atoms with Crippen LogP contribution in [-0.4, -0.2) is 50.3 Å². The Hall–Kier alpha value is -4.02. The Morgan fingerprint density at radius 3 is 2.35 bits per heavy atom. The molecule has 2 aromatic heterocycles. The second-order valence-electron chi connectivity index (χ2n) is 8.65. The Morgan fingerprint density at radius 2 is 1.70 bits per heavy atom. The number of imidazole rings is 1. The van der Waals surface area contributed by atoms with Crippen molar-refractivity contribution in [2.45, 2.75) is 38.7 Å². The standard InChI is InChI=1S/C26H24ClN5O5/c1-14-3-7-16(8-4-14)24(33)35-12-19-18(37-25(34)17-9-5-15(2)6-10-17)11-20(36-19)32-13-29-21-22(27)30-26(28)31-23(21)32/h3-10,13,18-20H,11-12H2,1-2H3,(H2,28,30,31)/t18-,19+,20+/m0/s1/i11D/t11-,18+,19-,20-/m1. The Morgan fingerprint density at radius 1 is 1.08 bits per heavy atom. The topological polar surface area (TPSA) is 131 Å². The number of rotatable bonds is 6. The highest BCUT2D eigenvalue weighted by Crippen LogP contribution is 2.34. The third-order valence-corrected chi connectivity index (χ3v) is 6.17. The van der Waals surface area contributed by atoms with Gasteiger partial charge < -0.3 is 19.9 Å². The average molecular weight is 523 g/mol. The summed E-state index contributed by atoms with van der Waals surface area (Å²) in [4.78, 5) is 37.9. The Kier molecular flexibility index (Phi) is 6.42. The lowest BCUT2D eigenvalue weighted by atomic mass is 10.1. The summed E-state index contributed by atoms with van der Waals surface area (Å²) in [6.45, 7) is 3.56. The summed E-state index contributed by atoms with van der Waals surface area (Å²) in [5, 5.41) is 0.0525. The van der Waals surface area contributed by atoms with Gasteiger partial charge >= 0.3 is 11.9 Å². The number of halogens is 1. The zero-order valence-electron chi connectivity index (χ0n) is 21.0. The van der Waals surface area contributed by atoms with Crippen LogP contribution in [0.5, 0.6) is 0 Å². The van der Waals surface area contributed by atoms with Crippen molar-refractivity contribution in [2.75, 3.05) is 12.3 Å². The van der Waals surface area contributed by atoms with E-state index in [1.54, 1.807) is 48.5 Å². The maximum absolute atomic E-state index is 12.9. The lowest BCUT2D eigenvalue weighted by Crippen LogP contribution is -2.32. The van der Waals surface area contributed by atoms with Gasteiger partial charge in [0.2, 0.25) is 5.95 Å². The normalized spacial score (nSPS) is 21.5. The van der Waals surface area contributed by atoms with E-state index in [-0.39, 0.29) is 28.9 Å². The minimum atomic E-state index is -1.13. The number of nitrogens with two attached hydrogens (primary N) is 1. The minimum absolute atomic E-state index is 0.0525. The van der Waals surface area contributed by atoms with E-state index < -0.39 is 36.8 Å². The summed E-state index contributed by atoms with van der Waals surface area (Å²) in [6, 6.07) is 13.8. The second kappa shape index (κ2) is 10.2. The number of nitrogen functional groups attached to an aromatic ring is 1. The monoisotopic (exact) mass is 522 g/mol. The molecular formula is C26H24ClN5O5. The van der Waals surface area contributed by atoms with Crippen molar-refractivity contribution >= 4 is 40.7 Å². The lowest BCUT2D eigenvalue weighted by molar-refractivity contribution is -0.0563. The Balaban J connectivity index is 1.41. The van der Waals surface area contributed by atoms with Gasteiger partial charge in [-0.1, -0.05) is 47.0 Å². The number of benzene rings is 2. The third kappa shape index (κ3) is 5.25. The van der Waals surface area contributed by atoms with Crippen LogP contribution in [0.2, 0.25) is 5.15 Å². The van der Waals surface area contributed by atoms with E-state index in [0.717, 1.165) is 11.1 Å². The van der Waals surface area contributed by atoms with Gasteiger partial charge in [0.15, 0.2) is 10.8 Å². The van der Waals surface area contributed by atoms with Crippen LogP contribution in [0.4, 0.5) is 5.95 Å². The summed E-state index contributed by atoms with van der Waals surface area (Å²) in [5.74, 6) is -1.27. The van der Waals surface area contributed by atoms with Crippen molar-refractivity contribution in [1.29, 1.82) is 0 Å². The first kappa shape index (κ1) is 23.4. The molecule has 37 heavy (non-hydrogen) atoms. The molecule has 0 unspecified atom stereocenters. The van der Waals surface area contributed by atoms with Crippen molar-refractivity contribution in [3.8, 4) is 0 Å². The summed E-state index contributed by atoms with van der Waals surface area (Å²) >= 11 is 6.15. The van der Waals surface area contributed by atoms with Crippen molar-refractivity contribution < 1.29 is 25.2 Å². The predicted octanol–water partition coefficient (Wildman–Crippen LogP) is 4.05. The number of ether oxygens (including phenoxy) is 3. The number of anilines is 1. The molecule has 190 valence electrons. The molecule has 0 saturated carbocycles. The van der Waals surface area contributed by atoms with E-state index in [9.17, 15) is 9.59 Å². The molecule has 0 amide bonds. The van der Waals surface area contributed by atoms with E-state index in [2.05, 4.69) is 15.0 Å². The first-order chi connectivity index (χ1) is 18.2. The zero-order valence-corrected chi connectivity index (χ0v) is 20.8. The van der Waals surface area contributed by atoms with Crippen LogP contribution < -0.4 is 5.73 Å². The van der Waals surface area contributed by atoms with Crippen molar-refractivity contribution in [3.63, 3.8) is 0 Å². The summed E-state index contributed by atoms with van der Waals surface area (Å²) < 4.78 is 27.7. The van der Waals surface area contributed by atoms with E-state index in [4.69, 9.17) is 32.9 Å². The highest BCUT2D eigenvalue weighted by atomic mass is 35.5. The number of fused-ring (bicyclic) bond motifs is 1. The van der Waals surface area contributed by atoms with E-state index in [1.165, 1.54) is 10.9 Å². The van der Waals surface area contributed by atoms with Gasteiger partial charge in [0.25, 0.3) is 0 Å². The Labute approximate surface area is 218 Å². The molecule has 0 aliphatic carbocycles. The van der Waals surface area contributed by atoms with E-state index in [1.807, 2.05) is 13.8 Å². The van der Waals surface area contributed by atoms with Gasteiger partial charge in [-0.3, -0.25) is 4.57 Å². The summed E-state index contributed by atoms with van der Waals surface area (Å²) in [6.07, 6.45) is -2.75. The smallest absolute Gasteiger partial charge is 0.338 e. The minimum Gasteiger partial charge on any atom is -0.459 e. The first-order valence-electron chi connectivity index (χ1n) is 12.0. The van der Waals surface area contributed by atoms with Gasteiger partial charge in [0.1, 0.15) is 30.6 Å². The molecule has 1 aliphatic rings. The first-order valence-corrected chi connectivity index (χ1v) is 11.8. The number of hydrogen-bond donors (Lipinski definition) is 1. The number of hydrogen-bond acceptors (Lipinski definition) is 9. The number of aromatic nitrogens is 4. The number of esters is 2. The van der Waals surface area contributed by atoms with Crippen LogP contribution in [0, 0.1) is 13.8 Å². The van der Waals surface area contributed by atoms with Crippen LogP contribution in [0.1, 0.15) is 45.8 Å². The lowest BCUT2D eigenvalue weighted by Gasteiger charge is -2.19. The highest BCUT2D eigenvalue weighted by molar-refractivity contribution is 6.33. The van der Waals surface area contributed by atoms with Gasteiger partial charge in [-0.05, 0) is 38.1 Å². The molecule has 4 atom stereocenters. The third-order valence-electron chi connectivity index (χ3n) is 5.90. The molecule has 1 saturated heterocycles. The highest BCUT2D eigenvalue weighted by Gasteiger charge is 2.40. The number of carbonyl (C=O) groups is 2. The fourth-order valence-corrected chi connectivity index (χ4v) is 4.11. The van der Waals surface area contributed by atoms with Crippen molar-refractivity contribution in [3.05, 3.63) is 82.3 Å². The van der Waals surface area contributed by atoms with Crippen LogP contribution >= 0.6 is 11.6 Å². The predicted molar refractivity (Wildman–Crippen MR) is 135 cm³/mol. The molecule has 1 aliphatic heterocycles. The fraction of sp³-hybridized carbons (Fsp3) is 0.269. The van der Waals surface area contributed by atoms with E-state index in [0.29, 0.717) is 11.1 Å². The molecule has 0 spiro atoms. The number of nitrogens with zero attached hydrogens (tertiary/aromatic N) is 4. The quantitative estimate of drug-likeness (QED) is 0.294. The molecule has 10 nitrogen and oxygen atoms in total. The van der Waals surface area contributed by atoms with E-state index >= 15 is 0 Å². The molecule has 2 aromatic carbocycles. The van der Waals surface area contributed by atoms with Gasteiger partial charge in [-0.2, -0.15) is 9.97 Å². The van der Waals surface area contributed by atoms with Crippen molar-refractivity contribution in [2.24, 2.45) is 0 Å². The molecule has 0 bridgehead atoms. The van der Waals surface area contributed by atoms with Gasteiger partial charge in [0.05, 0.1) is 17.5 Å². The molecule has 11 heteroatoms. The molecule has 3 heterocycles. The van der Waals surface area contributed by atoms with Gasteiger partial charge in [-0.15, -0.1) is 0 Å². The fourth-order valence-electron chi connectivity index (χ4n) is 3.89. The molecule has 4 aromatic rings. The van der Waals surface area contributed by atoms with Crippen LogP contribution in [0.3, 0.4) is 0 Å².